The van der Waals surface area contributed by atoms with Gasteiger partial charge in [-0.2, -0.15) is 4.98 Å². The average Bonchev–Trinajstić information content (AvgIpc) is 2.45. The fourth-order valence-corrected chi connectivity index (χ4v) is 2.25. The molecular weight excluding hydrogens is 316 g/mol. The smallest absolute Gasteiger partial charge is 0.224 e. The third kappa shape index (κ3) is 3.70. The van der Waals surface area contributed by atoms with Crippen molar-refractivity contribution >= 4 is 33.4 Å². The lowest BCUT2D eigenvalue weighted by atomic mass is 10.1. The van der Waals surface area contributed by atoms with Crippen molar-refractivity contribution in [2.75, 3.05) is 17.2 Å². The normalized spacial score (nSPS) is 10.3. The summed E-state index contributed by atoms with van der Waals surface area (Å²) in [5.74, 6) is 1.41. The van der Waals surface area contributed by atoms with Gasteiger partial charge in [0.15, 0.2) is 0 Å². The first-order valence-corrected chi connectivity index (χ1v) is 7.65. The van der Waals surface area contributed by atoms with Crippen molar-refractivity contribution < 1.29 is 0 Å². The van der Waals surface area contributed by atoms with E-state index in [0.717, 1.165) is 35.4 Å². The summed E-state index contributed by atoms with van der Waals surface area (Å²) in [6.07, 6.45) is 3.92. The van der Waals surface area contributed by atoms with Crippen LogP contribution in [0.5, 0.6) is 0 Å². The molecule has 0 aliphatic rings. The zero-order chi connectivity index (χ0) is 14.4. The van der Waals surface area contributed by atoms with Gasteiger partial charge in [0, 0.05) is 18.4 Å². The maximum atomic E-state index is 4.48. The second-order valence-corrected chi connectivity index (χ2v) is 5.31. The molecule has 0 bridgehead atoms. The second kappa shape index (κ2) is 7.24. The molecule has 0 fully saturated rings. The van der Waals surface area contributed by atoms with Gasteiger partial charge in [-0.05, 0) is 40.9 Å². The minimum atomic E-state index is 0.631. The van der Waals surface area contributed by atoms with Gasteiger partial charge in [-0.25, -0.2) is 4.98 Å². The van der Waals surface area contributed by atoms with Crippen LogP contribution in [-0.4, -0.2) is 16.5 Å². The van der Waals surface area contributed by atoms with E-state index in [0.29, 0.717) is 5.95 Å². The van der Waals surface area contributed by atoms with Crippen molar-refractivity contribution in [1.29, 1.82) is 0 Å². The highest BCUT2D eigenvalue weighted by Gasteiger charge is 2.07. The third-order valence-corrected chi connectivity index (χ3v) is 3.45. The number of rotatable bonds is 6. The zero-order valence-corrected chi connectivity index (χ0v) is 13.4. The second-order valence-electron chi connectivity index (χ2n) is 4.45. The fourth-order valence-electron chi connectivity index (χ4n) is 1.96. The van der Waals surface area contributed by atoms with Crippen LogP contribution in [0.3, 0.4) is 0 Å². The van der Waals surface area contributed by atoms with Crippen LogP contribution >= 0.6 is 15.9 Å². The molecule has 0 radical (unpaired) electrons. The van der Waals surface area contributed by atoms with Gasteiger partial charge >= 0.3 is 0 Å². The first-order valence-electron chi connectivity index (χ1n) is 6.86. The topological polar surface area (TPSA) is 49.8 Å². The van der Waals surface area contributed by atoms with E-state index in [9.17, 15) is 0 Å². The summed E-state index contributed by atoms with van der Waals surface area (Å²) >= 11 is 3.49. The van der Waals surface area contributed by atoms with Gasteiger partial charge in [-0.3, -0.25) is 0 Å². The molecule has 1 aromatic heterocycles. The molecule has 2 N–H and O–H groups in total. The van der Waals surface area contributed by atoms with E-state index in [-0.39, 0.29) is 0 Å². The largest absolute Gasteiger partial charge is 0.354 e. The van der Waals surface area contributed by atoms with Gasteiger partial charge in [0.25, 0.3) is 0 Å². The Morgan fingerprint density at radius 3 is 2.75 bits per heavy atom. The number of anilines is 3. The summed E-state index contributed by atoms with van der Waals surface area (Å²) in [6.45, 7) is 5.00. The number of benzene rings is 1. The molecule has 0 saturated carbocycles. The molecule has 2 rings (SSSR count). The van der Waals surface area contributed by atoms with Crippen LogP contribution in [-0.2, 0) is 6.42 Å². The predicted octanol–water partition coefficient (Wildman–Crippen LogP) is 4.37. The lowest BCUT2D eigenvalue weighted by Gasteiger charge is -2.13. The van der Waals surface area contributed by atoms with Gasteiger partial charge in [-0.1, -0.05) is 31.5 Å². The fraction of sp³-hybridized carbons (Fsp3) is 0.333. The Morgan fingerprint density at radius 1 is 1.20 bits per heavy atom. The average molecular weight is 335 g/mol. The van der Waals surface area contributed by atoms with Crippen LogP contribution in [0.1, 0.15) is 25.8 Å². The predicted molar refractivity (Wildman–Crippen MR) is 87.6 cm³/mol. The van der Waals surface area contributed by atoms with E-state index in [2.05, 4.69) is 61.7 Å². The SMILES string of the molecule is CCCc1ccccc1Nc1nc(NCC)ncc1Br. The molecule has 106 valence electrons. The van der Waals surface area contributed by atoms with Crippen molar-refractivity contribution in [3.05, 3.63) is 40.5 Å². The summed E-state index contributed by atoms with van der Waals surface area (Å²) in [4.78, 5) is 8.70. The standard InChI is InChI=1S/C15H19BrN4/c1-3-7-11-8-5-6-9-13(11)19-14-12(16)10-18-15(20-14)17-4-2/h5-6,8-10H,3-4,7H2,1-2H3,(H2,17,18,19,20). The number of aromatic nitrogens is 2. The Kier molecular flexibility index (Phi) is 5.35. The minimum Gasteiger partial charge on any atom is -0.354 e. The lowest BCUT2D eigenvalue weighted by Crippen LogP contribution is -2.05. The number of halogens is 1. The van der Waals surface area contributed by atoms with Gasteiger partial charge in [0.05, 0.1) is 4.47 Å². The molecule has 1 heterocycles. The molecule has 0 saturated heterocycles. The van der Waals surface area contributed by atoms with Gasteiger partial charge in [-0.15, -0.1) is 0 Å². The van der Waals surface area contributed by atoms with E-state index in [1.54, 1.807) is 6.20 Å². The van der Waals surface area contributed by atoms with Crippen molar-refractivity contribution in [2.45, 2.75) is 26.7 Å². The number of hydrogen-bond acceptors (Lipinski definition) is 4. The number of para-hydroxylation sites is 1. The monoisotopic (exact) mass is 334 g/mol. The Morgan fingerprint density at radius 2 is 2.00 bits per heavy atom. The molecule has 0 aliphatic heterocycles. The van der Waals surface area contributed by atoms with E-state index in [1.807, 2.05) is 13.0 Å². The van der Waals surface area contributed by atoms with Crippen molar-refractivity contribution in [3.63, 3.8) is 0 Å². The van der Waals surface area contributed by atoms with Gasteiger partial charge in [0.1, 0.15) is 5.82 Å². The molecule has 5 heteroatoms. The third-order valence-electron chi connectivity index (χ3n) is 2.87. The first kappa shape index (κ1) is 14.8. The minimum absolute atomic E-state index is 0.631. The molecule has 0 aliphatic carbocycles. The lowest BCUT2D eigenvalue weighted by molar-refractivity contribution is 0.923. The number of hydrogen-bond donors (Lipinski definition) is 2. The van der Waals surface area contributed by atoms with E-state index < -0.39 is 0 Å². The molecule has 0 atom stereocenters. The molecule has 0 unspecified atom stereocenters. The maximum Gasteiger partial charge on any atom is 0.224 e. The summed E-state index contributed by atoms with van der Waals surface area (Å²) in [5.41, 5.74) is 2.39. The van der Waals surface area contributed by atoms with Gasteiger partial charge in [0.2, 0.25) is 5.95 Å². The summed E-state index contributed by atoms with van der Waals surface area (Å²) in [7, 11) is 0. The van der Waals surface area contributed by atoms with Crippen molar-refractivity contribution in [3.8, 4) is 0 Å². The molecular formula is C15H19BrN4. The van der Waals surface area contributed by atoms with Crippen LogP contribution in [0.2, 0.25) is 0 Å². The Balaban J connectivity index is 2.27. The Hall–Kier alpha value is -1.62. The molecule has 2 aromatic rings. The Bertz CT molecular complexity index is 572. The molecule has 0 spiro atoms. The zero-order valence-electron chi connectivity index (χ0n) is 11.8. The van der Waals surface area contributed by atoms with Crippen LogP contribution in [0.25, 0.3) is 0 Å². The molecule has 4 nitrogen and oxygen atoms in total. The van der Waals surface area contributed by atoms with E-state index in [1.165, 1.54) is 5.56 Å². The highest BCUT2D eigenvalue weighted by molar-refractivity contribution is 9.10. The first-order chi connectivity index (χ1) is 9.74. The summed E-state index contributed by atoms with van der Waals surface area (Å²) < 4.78 is 0.852. The summed E-state index contributed by atoms with van der Waals surface area (Å²) in [5, 5.41) is 6.50. The van der Waals surface area contributed by atoms with Crippen molar-refractivity contribution in [2.24, 2.45) is 0 Å². The molecule has 20 heavy (non-hydrogen) atoms. The van der Waals surface area contributed by atoms with Crippen LogP contribution in [0.15, 0.2) is 34.9 Å². The van der Waals surface area contributed by atoms with E-state index in [4.69, 9.17) is 0 Å². The molecule has 0 amide bonds. The van der Waals surface area contributed by atoms with Crippen LogP contribution < -0.4 is 10.6 Å². The van der Waals surface area contributed by atoms with Crippen molar-refractivity contribution in [1.82, 2.24) is 9.97 Å². The Labute approximate surface area is 128 Å². The quantitative estimate of drug-likeness (QED) is 0.823. The number of aryl methyl sites for hydroxylation is 1. The number of nitrogens with zero attached hydrogens (tertiary/aromatic N) is 2. The maximum absolute atomic E-state index is 4.48. The molecule has 1 aromatic carbocycles. The highest BCUT2D eigenvalue weighted by Crippen LogP contribution is 2.26. The van der Waals surface area contributed by atoms with Gasteiger partial charge < -0.3 is 10.6 Å². The highest BCUT2D eigenvalue weighted by atomic mass is 79.9. The van der Waals surface area contributed by atoms with E-state index >= 15 is 0 Å². The van der Waals surface area contributed by atoms with Crippen LogP contribution in [0.4, 0.5) is 17.5 Å². The summed E-state index contributed by atoms with van der Waals surface area (Å²) in [6, 6.07) is 8.32. The number of nitrogens with one attached hydrogen (secondary N) is 2. The van der Waals surface area contributed by atoms with Crippen LogP contribution in [0, 0.1) is 0 Å².